The molecule has 36 heavy (non-hydrogen) atoms. The van der Waals surface area contributed by atoms with E-state index in [4.69, 9.17) is 9.72 Å². The van der Waals surface area contributed by atoms with Crippen molar-refractivity contribution >= 4 is 12.0 Å². The Morgan fingerprint density at radius 2 is 1.92 bits per heavy atom. The summed E-state index contributed by atoms with van der Waals surface area (Å²) in [6.07, 6.45) is 11.0. The Labute approximate surface area is 212 Å². The minimum atomic E-state index is 0.132. The summed E-state index contributed by atoms with van der Waals surface area (Å²) in [5.74, 6) is 1.58. The van der Waals surface area contributed by atoms with Crippen molar-refractivity contribution in [3.05, 3.63) is 94.6 Å². The summed E-state index contributed by atoms with van der Waals surface area (Å²) in [6.45, 7) is 7.53. The molecule has 1 amide bonds. The first-order valence-corrected chi connectivity index (χ1v) is 12.7. The number of carbonyl (C=O) groups excluding carboxylic acids is 1. The van der Waals surface area contributed by atoms with Crippen LogP contribution in [0, 0.1) is 12.8 Å². The van der Waals surface area contributed by atoms with Gasteiger partial charge in [0.25, 0.3) is 0 Å². The summed E-state index contributed by atoms with van der Waals surface area (Å²) >= 11 is 0. The van der Waals surface area contributed by atoms with E-state index in [2.05, 4.69) is 31.7 Å². The molecule has 6 nitrogen and oxygen atoms in total. The maximum absolute atomic E-state index is 13.0. The fourth-order valence-corrected chi connectivity index (χ4v) is 5.90. The highest BCUT2D eigenvalue weighted by atomic mass is 16.5. The lowest BCUT2D eigenvalue weighted by Crippen LogP contribution is -2.41. The van der Waals surface area contributed by atoms with E-state index in [1.54, 1.807) is 31.6 Å². The average Bonchev–Trinajstić information content (AvgIpc) is 3.06. The number of rotatable bonds is 5. The van der Waals surface area contributed by atoms with Crippen molar-refractivity contribution in [2.24, 2.45) is 5.92 Å². The van der Waals surface area contributed by atoms with Crippen molar-refractivity contribution in [1.82, 2.24) is 9.88 Å². The van der Waals surface area contributed by atoms with Crippen LogP contribution in [-0.2, 0) is 24.1 Å². The third kappa shape index (κ3) is 4.72. The fraction of sp³-hybridized carbons (Fsp3) is 0.367. The van der Waals surface area contributed by atoms with E-state index in [-0.39, 0.29) is 11.8 Å². The third-order valence-corrected chi connectivity index (χ3v) is 7.72. The quantitative estimate of drug-likeness (QED) is 0.434. The number of pyridine rings is 2. The molecule has 3 aromatic rings. The zero-order valence-electron chi connectivity index (χ0n) is 21.1. The number of hydrogen-bond acceptors (Lipinski definition) is 4. The van der Waals surface area contributed by atoms with Crippen LogP contribution in [0.4, 0.5) is 0 Å². The van der Waals surface area contributed by atoms with Crippen LogP contribution in [0.1, 0.15) is 57.8 Å². The highest BCUT2D eigenvalue weighted by molar-refractivity contribution is 5.78. The smallest absolute Gasteiger partial charge is 0.226 e. The molecule has 1 saturated heterocycles. The normalized spacial score (nSPS) is 17.6. The largest absolute Gasteiger partial charge is 0.496 e. The molecule has 6 heteroatoms. The molecule has 1 fully saturated rings. The summed E-state index contributed by atoms with van der Waals surface area (Å²) in [5.41, 5.74) is 8.22. The van der Waals surface area contributed by atoms with Gasteiger partial charge in [0, 0.05) is 47.6 Å². The Morgan fingerprint density at radius 3 is 2.61 bits per heavy atom. The molecule has 3 heterocycles. The molecule has 186 valence electrons. The van der Waals surface area contributed by atoms with Gasteiger partial charge in [-0.15, -0.1) is 0 Å². The molecule has 1 N–H and O–H groups in total. The number of aromatic nitrogens is 2. The summed E-state index contributed by atoms with van der Waals surface area (Å²) in [7, 11) is 1.76. The van der Waals surface area contributed by atoms with Gasteiger partial charge in [-0.1, -0.05) is 18.7 Å². The molecule has 0 spiro atoms. The maximum Gasteiger partial charge on any atom is 0.226 e. The van der Waals surface area contributed by atoms with Crippen molar-refractivity contribution in [3.8, 4) is 5.75 Å². The molecule has 1 aromatic carbocycles. The van der Waals surface area contributed by atoms with Crippen molar-refractivity contribution in [2.45, 2.75) is 44.9 Å². The second-order valence-electron chi connectivity index (χ2n) is 10.0. The van der Waals surface area contributed by atoms with Crippen LogP contribution in [0.5, 0.6) is 5.75 Å². The zero-order chi connectivity index (χ0) is 25.2. The van der Waals surface area contributed by atoms with Crippen molar-refractivity contribution in [2.75, 3.05) is 20.2 Å². The predicted octanol–water partition coefficient (Wildman–Crippen LogP) is 4.28. The van der Waals surface area contributed by atoms with Crippen molar-refractivity contribution in [1.29, 1.82) is 0 Å². The first kappa shape index (κ1) is 24.0. The first-order chi connectivity index (χ1) is 17.5. The molecule has 1 atom stereocenters. The molecule has 0 saturated carbocycles. The minimum absolute atomic E-state index is 0.132. The Bertz CT molecular complexity index is 1280. The molecule has 0 radical (unpaired) electrons. The Morgan fingerprint density at radius 1 is 1.19 bits per heavy atom. The van der Waals surface area contributed by atoms with Gasteiger partial charge in [0.1, 0.15) is 5.75 Å². The van der Waals surface area contributed by atoms with Gasteiger partial charge < -0.3 is 9.64 Å². The number of carbonyl (C=O) groups is 1. The van der Waals surface area contributed by atoms with Gasteiger partial charge in [0.05, 0.1) is 19.2 Å². The number of methoxy groups -OCH3 is 1. The maximum atomic E-state index is 13.0. The first-order valence-electron chi connectivity index (χ1n) is 12.7. The van der Waals surface area contributed by atoms with Crippen LogP contribution >= 0.6 is 0 Å². The van der Waals surface area contributed by atoms with Crippen molar-refractivity contribution < 1.29 is 19.5 Å². The highest BCUT2D eigenvalue weighted by Gasteiger charge is 2.36. The summed E-state index contributed by atoms with van der Waals surface area (Å²) in [4.78, 5) is 20.0. The van der Waals surface area contributed by atoms with Gasteiger partial charge in [-0.05, 0) is 78.5 Å². The number of ether oxygens (including phenoxy) is 1. The topological polar surface area (TPSA) is 66.5 Å². The summed E-state index contributed by atoms with van der Waals surface area (Å²) in [5, 5.41) is 9.44. The van der Waals surface area contributed by atoms with Crippen LogP contribution in [-0.4, -0.2) is 41.2 Å². The molecule has 1 aliphatic carbocycles. The van der Waals surface area contributed by atoms with E-state index in [0.29, 0.717) is 12.3 Å². The SMILES string of the molecule is C=Cc1cnc2c(c1)CCc1cc(C)cc(OC)c1C2C1CCN(C(=O)Cc2cc[n+](O)cc2)CC1. The highest BCUT2D eigenvalue weighted by Crippen LogP contribution is 2.46. The van der Waals surface area contributed by atoms with Crippen molar-refractivity contribution in [3.63, 3.8) is 0 Å². The number of amides is 1. The van der Waals surface area contributed by atoms with Gasteiger partial charge in [-0.2, -0.15) is 0 Å². The lowest BCUT2D eigenvalue weighted by Gasteiger charge is -2.37. The molecular weight excluding hydrogens is 450 g/mol. The molecule has 0 bridgehead atoms. The van der Waals surface area contributed by atoms with E-state index < -0.39 is 0 Å². The van der Waals surface area contributed by atoms with Crippen LogP contribution in [0.15, 0.2) is 55.5 Å². The number of aryl methyl sites for hydroxylation is 3. The second-order valence-corrected chi connectivity index (χ2v) is 10.0. The molecule has 1 aliphatic heterocycles. The van der Waals surface area contributed by atoms with Gasteiger partial charge in [-0.3, -0.25) is 15.0 Å². The lowest BCUT2D eigenvalue weighted by atomic mass is 9.75. The van der Waals surface area contributed by atoms with Crippen LogP contribution < -0.4 is 9.47 Å². The zero-order valence-corrected chi connectivity index (χ0v) is 21.1. The molecule has 2 aliphatic rings. The van der Waals surface area contributed by atoms with E-state index in [0.717, 1.165) is 66.1 Å². The monoisotopic (exact) mass is 484 g/mol. The number of benzene rings is 1. The number of nitrogens with zero attached hydrogens (tertiary/aromatic N) is 3. The van der Waals surface area contributed by atoms with Gasteiger partial charge >= 0.3 is 0 Å². The van der Waals surface area contributed by atoms with E-state index >= 15 is 0 Å². The van der Waals surface area contributed by atoms with Crippen LogP contribution in [0.3, 0.4) is 0 Å². The van der Waals surface area contributed by atoms with Crippen LogP contribution in [0.25, 0.3) is 6.08 Å². The predicted molar refractivity (Wildman–Crippen MR) is 138 cm³/mol. The van der Waals surface area contributed by atoms with E-state index in [1.807, 2.05) is 17.2 Å². The van der Waals surface area contributed by atoms with E-state index in [9.17, 15) is 10.0 Å². The molecular formula is C30H34N3O3+. The number of fused-ring (bicyclic) bond motifs is 2. The molecule has 5 rings (SSSR count). The fourth-order valence-electron chi connectivity index (χ4n) is 5.90. The molecule has 1 unspecified atom stereocenters. The standard InChI is InChI=1S/C30H34N3O3/c1-4-21-17-25-6-5-24-15-20(2)16-26(36-3)28(24)29(30(25)31-19-21)23-9-11-32(12-10-23)27(34)18-22-7-13-33(35)14-8-22/h4,7-8,13-17,19,23,29,35H,1,5-6,9-12,18H2,2-3H3/q+1. The van der Waals surface area contributed by atoms with Gasteiger partial charge in [-0.25, -0.2) is 0 Å². The third-order valence-electron chi connectivity index (χ3n) is 7.72. The molecule has 2 aromatic heterocycles. The number of hydrogen-bond donors (Lipinski definition) is 1. The summed E-state index contributed by atoms with van der Waals surface area (Å²) in [6, 6.07) is 10.2. The number of piperidine rings is 1. The Kier molecular flexibility index (Phi) is 6.77. The van der Waals surface area contributed by atoms with Gasteiger partial charge in [0.15, 0.2) is 0 Å². The van der Waals surface area contributed by atoms with E-state index in [1.165, 1.54) is 22.3 Å². The summed E-state index contributed by atoms with van der Waals surface area (Å²) < 4.78 is 6.93. The van der Waals surface area contributed by atoms with Gasteiger partial charge in [0.2, 0.25) is 18.3 Å². The Balaban J connectivity index is 1.43. The second kappa shape index (κ2) is 10.1. The average molecular weight is 485 g/mol. The minimum Gasteiger partial charge on any atom is -0.496 e. The Hall–Kier alpha value is -3.67. The van der Waals surface area contributed by atoms with Crippen LogP contribution in [0.2, 0.25) is 0 Å². The number of likely N-dealkylation sites (tertiary alicyclic amines) is 1. The lowest BCUT2D eigenvalue weighted by molar-refractivity contribution is -0.904.